The Morgan fingerprint density at radius 3 is 2.73 bits per heavy atom. The maximum Gasteiger partial charge on any atom is 0.289 e. The lowest BCUT2D eigenvalue weighted by molar-refractivity contribution is 0.0936. The molecule has 0 bridgehead atoms. The zero-order valence-corrected chi connectivity index (χ0v) is 20.2. The average Bonchev–Trinajstić information content (AvgIpc) is 2.80. The number of carbonyl (C=O) groups excluding carboxylic acids is 1. The molecule has 1 saturated carbocycles. The molecule has 2 aromatic rings. The number of amides is 1. The van der Waals surface area contributed by atoms with Gasteiger partial charge in [0.15, 0.2) is 5.96 Å². The first-order chi connectivity index (χ1) is 15.9. The minimum atomic E-state index is -0.236. The van der Waals surface area contributed by atoms with E-state index < -0.39 is 0 Å². The molecular formula is C25H39N7O. The van der Waals surface area contributed by atoms with E-state index in [4.69, 9.17) is 11.5 Å². The van der Waals surface area contributed by atoms with Crippen LogP contribution in [0.1, 0.15) is 81.4 Å². The van der Waals surface area contributed by atoms with E-state index in [9.17, 15) is 4.79 Å². The molecule has 1 aromatic carbocycles. The number of hydrogen-bond donors (Lipinski definition) is 4. The van der Waals surface area contributed by atoms with Crippen LogP contribution in [0.4, 0.5) is 5.82 Å². The number of carbonyl (C=O) groups is 1. The number of unbranched alkanes of at least 4 members (excludes halogenated alkanes) is 1. The summed E-state index contributed by atoms with van der Waals surface area (Å²) in [5.74, 6) is 1.19. The quantitative estimate of drug-likeness (QED) is 0.319. The Bertz CT molecular complexity index is 971. The molecule has 33 heavy (non-hydrogen) atoms. The van der Waals surface area contributed by atoms with E-state index in [2.05, 4.69) is 45.5 Å². The number of anilines is 1. The van der Waals surface area contributed by atoms with Crippen molar-refractivity contribution in [1.29, 1.82) is 0 Å². The van der Waals surface area contributed by atoms with Crippen molar-refractivity contribution < 1.29 is 4.79 Å². The van der Waals surface area contributed by atoms with Crippen molar-refractivity contribution in [2.45, 2.75) is 84.2 Å². The SMILES string of the molecule is CCCCC(CC)CNC(=O)c1nc(NC2CCCCC2N=C(N)N)c2cc(C)ccc2n1. The van der Waals surface area contributed by atoms with Crippen LogP contribution in [0.2, 0.25) is 0 Å². The van der Waals surface area contributed by atoms with Gasteiger partial charge in [-0.3, -0.25) is 4.79 Å². The Hall–Kier alpha value is -2.90. The van der Waals surface area contributed by atoms with Crippen LogP contribution in [0.25, 0.3) is 10.9 Å². The fourth-order valence-electron chi connectivity index (χ4n) is 4.51. The molecule has 3 atom stereocenters. The van der Waals surface area contributed by atoms with Crippen LogP contribution in [-0.2, 0) is 0 Å². The van der Waals surface area contributed by atoms with E-state index in [1.54, 1.807) is 0 Å². The molecule has 1 heterocycles. The van der Waals surface area contributed by atoms with Gasteiger partial charge in [0.1, 0.15) is 5.82 Å². The van der Waals surface area contributed by atoms with Crippen molar-refractivity contribution in [3.05, 3.63) is 29.6 Å². The molecule has 0 saturated heterocycles. The lowest BCUT2D eigenvalue weighted by Crippen LogP contribution is -2.38. The molecule has 3 rings (SSSR count). The van der Waals surface area contributed by atoms with Crippen LogP contribution in [0, 0.1) is 12.8 Å². The third-order valence-electron chi connectivity index (χ3n) is 6.52. The highest BCUT2D eigenvalue weighted by atomic mass is 16.2. The van der Waals surface area contributed by atoms with E-state index in [0.717, 1.165) is 61.4 Å². The lowest BCUT2D eigenvalue weighted by atomic mass is 9.90. The Kier molecular flexibility index (Phi) is 8.86. The molecule has 1 aromatic heterocycles. The van der Waals surface area contributed by atoms with Crippen LogP contribution in [0.15, 0.2) is 23.2 Å². The Morgan fingerprint density at radius 2 is 2.00 bits per heavy atom. The molecule has 0 radical (unpaired) electrons. The van der Waals surface area contributed by atoms with Crippen molar-refractivity contribution in [2.24, 2.45) is 22.4 Å². The second-order valence-electron chi connectivity index (χ2n) is 9.20. The van der Waals surface area contributed by atoms with E-state index in [1.165, 1.54) is 6.42 Å². The third-order valence-corrected chi connectivity index (χ3v) is 6.52. The second-order valence-corrected chi connectivity index (χ2v) is 9.20. The molecule has 0 spiro atoms. The van der Waals surface area contributed by atoms with Gasteiger partial charge in [0.2, 0.25) is 5.82 Å². The first-order valence-electron chi connectivity index (χ1n) is 12.3. The molecule has 1 aliphatic rings. The summed E-state index contributed by atoms with van der Waals surface area (Å²) in [6.45, 7) is 7.03. The number of fused-ring (bicyclic) bond motifs is 1. The van der Waals surface area contributed by atoms with Crippen LogP contribution >= 0.6 is 0 Å². The van der Waals surface area contributed by atoms with Gasteiger partial charge in [-0.2, -0.15) is 0 Å². The van der Waals surface area contributed by atoms with Gasteiger partial charge in [0.05, 0.1) is 17.6 Å². The molecule has 1 aliphatic carbocycles. The number of rotatable bonds is 10. The number of nitrogens with two attached hydrogens (primary N) is 2. The average molecular weight is 454 g/mol. The molecule has 1 fully saturated rings. The standard InChI is InChI=1S/C25H39N7O/c1-4-6-9-17(5-2)15-28-24(33)23-29-19-13-12-16(3)14-18(19)22(32-23)30-20-10-7-8-11-21(20)31-25(26)27/h12-14,17,20-21H,4-11,15H2,1-3H3,(H,28,33)(H4,26,27,31)(H,29,30,32). The van der Waals surface area contributed by atoms with Crippen LogP contribution in [0.3, 0.4) is 0 Å². The number of benzene rings is 1. The molecule has 8 nitrogen and oxygen atoms in total. The lowest BCUT2D eigenvalue weighted by Gasteiger charge is -2.30. The van der Waals surface area contributed by atoms with Gasteiger partial charge < -0.3 is 22.1 Å². The summed E-state index contributed by atoms with van der Waals surface area (Å²) in [5.41, 5.74) is 13.2. The number of hydrogen-bond acceptors (Lipinski definition) is 5. The number of guanidine groups is 1. The zero-order valence-electron chi connectivity index (χ0n) is 20.2. The molecule has 3 unspecified atom stereocenters. The summed E-state index contributed by atoms with van der Waals surface area (Å²) in [5, 5.41) is 7.51. The van der Waals surface area contributed by atoms with Crippen LogP contribution in [0.5, 0.6) is 0 Å². The minimum absolute atomic E-state index is 0.0141. The van der Waals surface area contributed by atoms with Crippen LogP contribution in [-0.4, -0.2) is 40.5 Å². The maximum atomic E-state index is 13.0. The number of aryl methyl sites for hydroxylation is 1. The first kappa shape index (κ1) is 24.7. The van der Waals surface area contributed by atoms with Gasteiger partial charge in [-0.15, -0.1) is 0 Å². The summed E-state index contributed by atoms with van der Waals surface area (Å²) >= 11 is 0. The summed E-state index contributed by atoms with van der Waals surface area (Å²) in [4.78, 5) is 26.7. The third kappa shape index (κ3) is 6.79. The second kappa shape index (κ2) is 11.8. The predicted octanol–water partition coefficient (Wildman–Crippen LogP) is 3.88. The van der Waals surface area contributed by atoms with Crippen LogP contribution < -0.4 is 22.1 Å². The number of nitrogens with one attached hydrogen (secondary N) is 2. The Labute approximate surface area is 197 Å². The van der Waals surface area contributed by atoms with Crippen molar-refractivity contribution >= 4 is 28.6 Å². The smallest absolute Gasteiger partial charge is 0.289 e. The number of aromatic nitrogens is 2. The predicted molar refractivity (Wildman–Crippen MR) is 135 cm³/mol. The summed E-state index contributed by atoms with van der Waals surface area (Å²) < 4.78 is 0. The molecular weight excluding hydrogens is 414 g/mol. The normalized spacial score (nSPS) is 19.1. The van der Waals surface area contributed by atoms with Gasteiger partial charge in [-0.1, -0.05) is 57.6 Å². The highest BCUT2D eigenvalue weighted by molar-refractivity contribution is 5.96. The minimum Gasteiger partial charge on any atom is -0.370 e. The van der Waals surface area contributed by atoms with Gasteiger partial charge in [-0.05, 0) is 44.2 Å². The van der Waals surface area contributed by atoms with Gasteiger partial charge >= 0.3 is 0 Å². The monoisotopic (exact) mass is 453 g/mol. The molecule has 180 valence electrons. The van der Waals surface area contributed by atoms with Crippen molar-refractivity contribution in [1.82, 2.24) is 15.3 Å². The van der Waals surface area contributed by atoms with E-state index in [1.807, 2.05) is 19.1 Å². The highest BCUT2D eigenvalue weighted by Crippen LogP contribution is 2.28. The first-order valence-corrected chi connectivity index (χ1v) is 12.3. The van der Waals surface area contributed by atoms with Crippen molar-refractivity contribution in [3.8, 4) is 0 Å². The summed E-state index contributed by atoms with van der Waals surface area (Å²) in [7, 11) is 0. The highest BCUT2D eigenvalue weighted by Gasteiger charge is 2.26. The Morgan fingerprint density at radius 1 is 1.21 bits per heavy atom. The van der Waals surface area contributed by atoms with E-state index in [0.29, 0.717) is 18.3 Å². The fraction of sp³-hybridized carbons (Fsp3) is 0.600. The zero-order chi connectivity index (χ0) is 23.8. The molecule has 0 aliphatic heterocycles. The van der Waals surface area contributed by atoms with Crippen molar-refractivity contribution in [2.75, 3.05) is 11.9 Å². The number of nitrogens with zero attached hydrogens (tertiary/aromatic N) is 3. The molecule has 6 N–H and O–H groups in total. The van der Waals surface area contributed by atoms with E-state index in [-0.39, 0.29) is 29.8 Å². The number of aliphatic imine (C=N–C) groups is 1. The maximum absolute atomic E-state index is 13.0. The largest absolute Gasteiger partial charge is 0.370 e. The topological polar surface area (TPSA) is 131 Å². The van der Waals surface area contributed by atoms with Crippen molar-refractivity contribution in [3.63, 3.8) is 0 Å². The summed E-state index contributed by atoms with van der Waals surface area (Å²) in [6.07, 6.45) is 8.54. The Balaban J connectivity index is 1.86. The van der Waals surface area contributed by atoms with Gasteiger partial charge in [0.25, 0.3) is 5.91 Å². The molecule has 1 amide bonds. The summed E-state index contributed by atoms with van der Waals surface area (Å²) in [6, 6.07) is 6.03. The van der Waals surface area contributed by atoms with E-state index >= 15 is 0 Å². The fourth-order valence-corrected chi connectivity index (χ4v) is 4.51. The van der Waals surface area contributed by atoms with Gasteiger partial charge in [-0.25, -0.2) is 15.0 Å². The van der Waals surface area contributed by atoms with Gasteiger partial charge in [0, 0.05) is 11.9 Å². The molecule has 8 heteroatoms.